The van der Waals surface area contributed by atoms with Crippen LogP contribution in [0.4, 0.5) is 0 Å². The van der Waals surface area contributed by atoms with Crippen molar-refractivity contribution in [2.75, 3.05) is 26.7 Å². The molecule has 2 aromatic carbocycles. The molecule has 14 heteroatoms. The zero-order valence-corrected chi connectivity index (χ0v) is 34.0. The van der Waals surface area contributed by atoms with Crippen molar-refractivity contribution < 1.29 is 37.1 Å². The van der Waals surface area contributed by atoms with Crippen LogP contribution in [0.15, 0.2) is 67.3 Å². The molecule has 7 rings (SSSR count). The molecule has 13 nitrogen and oxygen atoms in total. The van der Waals surface area contributed by atoms with Crippen LogP contribution in [0.5, 0.6) is 11.5 Å². The van der Waals surface area contributed by atoms with Crippen molar-refractivity contribution in [3.05, 3.63) is 67.3 Å². The summed E-state index contributed by atoms with van der Waals surface area (Å²) in [6, 6.07) is 15.9. The van der Waals surface area contributed by atoms with Gasteiger partial charge in [-0.3, -0.25) is 23.9 Å². The van der Waals surface area contributed by atoms with Gasteiger partial charge in [0.05, 0.1) is 36.0 Å². The summed E-state index contributed by atoms with van der Waals surface area (Å²) >= 11 is 0. The second-order valence-corrected chi connectivity index (χ2v) is 18.9. The van der Waals surface area contributed by atoms with Crippen LogP contribution >= 0.6 is 0 Å². The fourth-order valence-corrected chi connectivity index (χ4v) is 9.52. The predicted molar refractivity (Wildman–Crippen MR) is 216 cm³/mol. The smallest absolute Gasteiger partial charge is 0.259 e. The van der Waals surface area contributed by atoms with Gasteiger partial charge in [0.25, 0.3) is 5.91 Å². The van der Waals surface area contributed by atoms with E-state index in [1.54, 1.807) is 7.11 Å². The summed E-state index contributed by atoms with van der Waals surface area (Å²) in [5, 5.41) is 2.93. The molecule has 2 N–H and O–H groups in total. The maximum Gasteiger partial charge on any atom is 0.259 e. The van der Waals surface area contributed by atoms with Crippen molar-refractivity contribution in [2.45, 2.75) is 95.1 Å². The molecule has 1 aromatic heterocycles. The topological polar surface area (TPSA) is 164 Å². The number of aromatic nitrogens is 1. The van der Waals surface area contributed by atoms with Crippen molar-refractivity contribution in [1.29, 1.82) is 0 Å². The van der Waals surface area contributed by atoms with Gasteiger partial charge in [0.2, 0.25) is 27.7 Å². The molecule has 2 saturated carbocycles. The molecule has 4 fully saturated rings. The Hall–Kier alpha value is -4.98. The number of hydrogen-bond donors (Lipinski definition) is 2. The summed E-state index contributed by atoms with van der Waals surface area (Å²) in [5.74, 6) is -1.90. The van der Waals surface area contributed by atoms with Crippen molar-refractivity contribution in [2.24, 2.45) is 17.3 Å². The van der Waals surface area contributed by atoms with Crippen LogP contribution in [0.1, 0.15) is 72.1 Å². The molecule has 0 bridgehead atoms. The number of methoxy groups -OCH3 is 1. The fraction of sp³-hybridized carbons (Fsp3) is 0.512. The maximum absolute atomic E-state index is 14.6. The third kappa shape index (κ3) is 8.51. The average Bonchev–Trinajstić information content (AvgIpc) is 4.13. The molecule has 0 spiro atoms. The first-order valence-electron chi connectivity index (χ1n) is 19.9. The number of rotatable bonds is 13. The molecular formula is C43H53N5O8S. The van der Waals surface area contributed by atoms with Gasteiger partial charge in [-0.2, -0.15) is 0 Å². The van der Waals surface area contributed by atoms with E-state index in [0.29, 0.717) is 54.0 Å². The minimum absolute atomic E-state index is 0.0342. The lowest BCUT2D eigenvalue weighted by atomic mass is 9.77. The van der Waals surface area contributed by atoms with E-state index in [0.717, 1.165) is 24.8 Å². The molecule has 2 aliphatic heterocycles. The molecule has 304 valence electrons. The number of carbonyl (C=O) groups is 4. The number of hydrogen-bond acceptors (Lipinski definition) is 9. The molecule has 4 amide bonds. The van der Waals surface area contributed by atoms with Crippen LogP contribution in [-0.2, 0) is 29.2 Å². The lowest BCUT2D eigenvalue weighted by molar-refractivity contribution is -0.147. The Kier molecular flexibility index (Phi) is 11.1. The second kappa shape index (κ2) is 15.8. The third-order valence-electron chi connectivity index (χ3n) is 11.9. The highest BCUT2D eigenvalue weighted by Gasteiger charge is 2.62. The quantitative estimate of drug-likeness (QED) is 0.227. The number of sulfonamides is 1. The van der Waals surface area contributed by atoms with Crippen LogP contribution in [0.25, 0.3) is 22.2 Å². The molecule has 4 aliphatic rings. The van der Waals surface area contributed by atoms with Crippen LogP contribution in [0.3, 0.4) is 0 Å². The van der Waals surface area contributed by atoms with E-state index in [2.05, 4.69) is 16.6 Å². The Bertz CT molecular complexity index is 2160. The number of ether oxygens (including phenoxy) is 2. The number of benzene rings is 2. The van der Waals surface area contributed by atoms with E-state index in [9.17, 15) is 27.6 Å². The van der Waals surface area contributed by atoms with Crippen LogP contribution < -0.4 is 19.5 Å². The zero-order chi connectivity index (χ0) is 40.7. The van der Waals surface area contributed by atoms with Gasteiger partial charge in [-0.1, -0.05) is 57.2 Å². The van der Waals surface area contributed by atoms with Crippen molar-refractivity contribution >= 4 is 44.6 Å². The Morgan fingerprint density at radius 3 is 2.39 bits per heavy atom. The normalized spacial score (nSPS) is 24.0. The summed E-state index contributed by atoms with van der Waals surface area (Å²) in [5.41, 5.74) is 0.0793. The highest BCUT2D eigenvalue weighted by Crippen LogP contribution is 2.46. The number of nitrogens with zero attached hydrogens (tertiary/aromatic N) is 3. The number of amides is 4. The van der Waals surface area contributed by atoms with Crippen molar-refractivity contribution in [3.8, 4) is 22.8 Å². The first-order chi connectivity index (χ1) is 27.1. The number of nitrogens with one attached hydrogen (secondary N) is 2. The Morgan fingerprint density at radius 1 is 1.04 bits per heavy atom. The first kappa shape index (κ1) is 40.2. The molecule has 57 heavy (non-hydrogen) atoms. The minimum atomic E-state index is -3.89. The minimum Gasteiger partial charge on any atom is -0.497 e. The molecule has 2 saturated heterocycles. The first-order valence-corrected chi connectivity index (χ1v) is 21.5. The van der Waals surface area contributed by atoms with Crippen molar-refractivity contribution in [1.82, 2.24) is 24.8 Å². The summed E-state index contributed by atoms with van der Waals surface area (Å²) in [4.78, 5) is 64.8. The number of likely N-dealkylation sites (tertiary alicyclic amines) is 2. The fourth-order valence-electron chi connectivity index (χ4n) is 8.15. The van der Waals surface area contributed by atoms with Crippen LogP contribution in [0, 0.1) is 17.3 Å². The van der Waals surface area contributed by atoms with E-state index >= 15 is 0 Å². The van der Waals surface area contributed by atoms with Crippen LogP contribution in [-0.4, -0.2) is 96.5 Å². The molecule has 0 radical (unpaired) electrons. The number of carbonyl (C=O) groups excluding carboxylic acids is 4. The van der Waals surface area contributed by atoms with E-state index < -0.39 is 62.0 Å². The van der Waals surface area contributed by atoms with E-state index in [-0.39, 0.29) is 37.6 Å². The maximum atomic E-state index is 14.6. The largest absolute Gasteiger partial charge is 0.497 e. The predicted octanol–water partition coefficient (Wildman–Crippen LogP) is 4.99. The molecule has 5 atom stereocenters. The lowest BCUT2D eigenvalue weighted by Crippen LogP contribution is -2.57. The number of piperidine rings is 1. The lowest BCUT2D eigenvalue weighted by Gasteiger charge is -2.37. The van der Waals surface area contributed by atoms with Gasteiger partial charge < -0.3 is 24.6 Å². The summed E-state index contributed by atoms with van der Waals surface area (Å²) in [6.45, 7) is 11.0. The summed E-state index contributed by atoms with van der Waals surface area (Å²) in [7, 11) is -2.31. The van der Waals surface area contributed by atoms with Gasteiger partial charge in [-0.25, -0.2) is 13.4 Å². The SMILES string of the molecule is C=CC1C[C@@]1(NC(=O)[C@@H]1C[C@@H](Oc2cc(-c3ccccc3)nc3cc(OC)ccc23)CN1C(=O)C[C@H](C(=O)N1CCCCC1)C(C)(C)C)C(=O)NS(=O)(=O)C1CC1. The van der Waals surface area contributed by atoms with Gasteiger partial charge in [0.15, 0.2) is 0 Å². The van der Waals surface area contributed by atoms with E-state index in [1.165, 1.54) is 11.0 Å². The second-order valence-electron chi connectivity index (χ2n) is 17.0. The van der Waals surface area contributed by atoms with E-state index in [1.807, 2.05) is 80.3 Å². The average molecular weight is 800 g/mol. The molecule has 1 unspecified atom stereocenters. The van der Waals surface area contributed by atoms with Crippen LogP contribution in [0.2, 0.25) is 0 Å². The highest BCUT2D eigenvalue weighted by atomic mass is 32.2. The summed E-state index contributed by atoms with van der Waals surface area (Å²) in [6.07, 6.45) is 4.81. The molecule has 3 heterocycles. The number of pyridine rings is 1. The zero-order valence-electron chi connectivity index (χ0n) is 33.2. The van der Waals surface area contributed by atoms with Gasteiger partial charge in [-0.05, 0) is 56.1 Å². The third-order valence-corrected chi connectivity index (χ3v) is 13.7. The van der Waals surface area contributed by atoms with E-state index in [4.69, 9.17) is 14.5 Å². The molecule has 2 aliphatic carbocycles. The highest BCUT2D eigenvalue weighted by molar-refractivity contribution is 7.91. The van der Waals surface area contributed by atoms with Crippen molar-refractivity contribution in [3.63, 3.8) is 0 Å². The Morgan fingerprint density at radius 2 is 1.75 bits per heavy atom. The van der Waals surface area contributed by atoms with Gasteiger partial charge in [0, 0.05) is 54.9 Å². The molecule has 3 aromatic rings. The Balaban J connectivity index is 1.20. The van der Waals surface area contributed by atoms with Gasteiger partial charge in [-0.15, -0.1) is 6.58 Å². The molecular weight excluding hydrogens is 747 g/mol. The monoisotopic (exact) mass is 799 g/mol. The van der Waals surface area contributed by atoms with Gasteiger partial charge in [0.1, 0.15) is 29.2 Å². The number of fused-ring (bicyclic) bond motifs is 1. The summed E-state index contributed by atoms with van der Waals surface area (Å²) < 4.78 is 40.0. The van der Waals surface area contributed by atoms with Gasteiger partial charge >= 0.3 is 0 Å². The Labute approximate surface area is 334 Å². The standard InChI is InChI=1S/C43H53N5O8S/c1-6-28-25-43(28,41(52)46-57(53,54)31-16-17-31)45-39(50)36-22-30(26-48(36)38(49)23-33(42(2,3)4)40(51)47-19-11-8-12-20-47)56-37-24-34(27-13-9-7-10-14-27)44-35-21-29(55-5)15-18-32(35)37/h6-7,9-10,13-15,18,21,24,28,30-31,33,36H,1,8,11-12,16-17,19-20,22-23,25-26H2,2-5H3,(H,45,50)(H,46,52)/t28?,30-,33-,36+,43+/m1/s1.